The van der Waals surface area contributed by atoms with Crippen LogP contribution in [0.15, 0.2) is 0 Å². The van der Waals surface area contributed by atoms with Crippen molar-refractivity contribution in [2.24, 2.45) is 5.92 Å². The van der Waals surface area contributed by atoms with Gasteiger partial charge in [-0.15, -0.1) is 0 Å². The minimum atomic E-state index is 0.519. The SMILES string of the molecule is CC1CC2CNC1CO2. The third-order valence-electron chi connectivity index (χ3n) is 2.44. The predicted octanol–water partition coefficient (Wildman–Crippen LogP) is 0.383. The van der Waals surface area contributed by atoms with Gasteiger partial charge in [-0.2, -0.15) is 0 Å². The Labute approximate surface area is 55.6 Å². The number of morpholine rings is 1. The van der Waals surface area contributed by atoms with E-state index in [4.69, 9.17) is 4.74 Å². The zero-order chi connectivity index (χ0) is 6.27. The molecule has 0 radical (unpaired) electrons. The Kier molecular flexibility index (Phi) is 1.24. The lowest BCUT2D eigenvalue weighted by atomic mass is 9.89. The van der Waals surface area contributed by atoms with Crippen LogP contribution in [0.25, 0.3) is 0 Å². The lowest BCUT2D eigenvalue weighted by molar-refractivity contribution is -0.0630. The molecule has 1 N–H and O–H groups in total. The number of fused-ring (bicyclic) bond motifs is 3. The van der Waals surface area contributed by atoms with E-state index in [0.29, 0.717) is 12.1 Å². The number of hydrogen-bond donors (Lipinski definition) is 1. The van der Waals surface area contributed by atoms with Crippen LogP contribution in [0, 0.1) is 5.92 Å². The molecule has 0 aliphatic carbocycles. The average Bonchev–Trinajstić information content (AvgIpc) is 1.90. The normalized spacial score (nSPS) is 49.7. The lowest BCUT2D eigenvalue weighted by Crippen LogP contribution is -2.55. The summed E-state index contributed by atoms with van der Waals surface area (Å²) in [7, 11) is 0. The summed E-state index contributed by atoms with van der Waals surface area (Å²) in [6.45, 7) is 4.31. The second-order valence-electron chi connectivity index (χ2n) is 3.18. The fourth-order valence-corrected chi connectivity index (χ4v) is 1.74. The van der Waals surface area contributed by atoms with Crippen molar-refractivity contribution >= 4 is 0 Å². The Bertz CT molecular complexity index is 107. The molecule has 2 bridgehead atoms. The number of rotatable bonds is 0. The van der Waals surface area contributed by atoms with Crippen molar-refractivity contribution in [2.75, 3.05) is 13.2 Å². The molecule has 3 unspecified atom stereocenters. The van der Waals surface area contributed by atoms with Crippen LogP contribution in [0.1, 0.15) is 13.3 Å². The number of ether oxygens (including phenoxy) is 1. The highest BCUT2D eigenvalue weighted by Crippen LogP contribution is 2.23. The molecule has 0 aromatic rings. The van der Waals surface area contributed by atoms with Crippen LogP contribution in [0.5, 0.6) is 0 Å². The van der Waals surface area contributed by atoms with Crippen molar-refractivity contribution in [3.63, 3.8) is 0 Å². The van der Waals surface area contributed by atoms with Crippen LogP contribution in [-0.2, 0) is 4.74 Å². The van der Waals surface area contributed by atoms with E-state index < -0.39 is 0 Å². The molecule has 0 amide bonds. The molecule has 3 aliphatic rings. The minimum absolute atomic E-state index is 0.519. The molecule has 0 aromatic heterocycles. The Balaban J connectivity index is 2.06. The van der Waals surface area contributed by atoms with Gasteiger partial charge in [0, 0.05) is 12.6 Å². The van der Waals surface area contributed by atoms with E-state index in [1.54, 1.807) is 0 Å². The van der Waals surface area contributed by atoms with Crippen LogP contribution in [0.2, 0.25) is 0 Å². The fourth-order valence-electron chi connectivity index (χ4n) is 1.74. The minimum Gasteiger partial charge on any atom is -0.375 e. The maximum absolute atomic E-state index is 5.48. The number of hydrogen-bond acceptors (Lipinski definition) is 2. The summed E-state index contributed by atoms with van der Waals surface area (Å²) in [5, 5.41) is 3.44. The van der Waals surface area contributed by atoms with E-state index in [2.05, 4.69) is 12.2 Å². The van der Waals surface area contributed by atoms with Crippen LogP contribution >= 0.6 is 0 Å². The highest BCUT2D eigenvalue weighted by molar-refractivity contribution is 4.88. The number of nitrogens with one attached hydrogen (secondary N) is 1. The molecule has 0 spiro atoms. The smallest absolute Gasteiger partial charge is 0.0703 e. The van der Waals surface area contributed by atoms with Gasteiger partial charge in [-0.25, -0.2) is 0 Å². The van der Waals surface area contributed by atoms with Crippen molar-refractivity contribution in [1.82, 2.24) is 5.32 Å². The van der Waals surface area contributed by atoms with E-state index in [0.717, 1.165) is 19.1 Å². The molecule has 3 fully saturated rings. The average molecular weight is 127 g/mol. The number of piperidine rings is 1. The molecule has 3 aliphatic heterocycles. The van der Waals surface area contributed by atoms with Gasteiger partial charge in [0.2, 0.25) is 0 Å². The monoisotopic (exact) mass is 127 g/mol. The Hall–Kier alpha value is -0.0800. The molecule has 0 saturated carbocycles. The first kappa shape index (κ1) is 5.69. The van der Waals surface area contributed by atoms with Gasteiger partial charge in [0.15, 0.2) is 0 Å². The maximum atomic E-state index is 5.48. The molecule has 52 valence electrons. The summed E-state index contributed by atoms with van der Waals surface area (Å²) in [5.74, 6) is 0.831. The molecule has 0 aromatic carbocycles. The molecule has 2 heteroatoms. The molecular weight excluding hydrogens is 114 g/mol. The standard InChI is InChI=1S/C7H13NO/c1-5-2-6-3-8-7(5)4-9-6/h5-8H,2-4H2,1H3. The third kappa shape index (κ3) is 0.864. The van der Waals surface area contributed by atoms with Crippen molar-refractivity contribution in [1.29, 1.82) is 0 Å². The summed E-state index contributed by atoms with van der Waals surface area (Å²) in [5.41, 5.74) is 0. The van der Waals surface area contributed by atoms with Crippen molar-refractivity contribution in [3.8, 4) is 0 Å². The van der Waals surface area contributed by atoms with Gasteiger partial charge in [-0.1, -0.05) is 6.92 Å². The van der Waals surface area contributed by atoms with E-state index in [-0.39, 0.29) is 0 Å². The first-order valence-electron chi connectivity index (χ1n) is 3.71. The van der Waals surface area contributed by atoms with Gasteiger partial charge in [0.1, 0.15) is 0 Å². The largest absolute Gasteiger partial charge is 0.375 e. The van der Waals surface area contributed by atoms with Crippen LogP contribution in [0.3, 0.4) is 0 Å². The highest BCUT2D eigenvalue weighted by Gasteiger charge is 2.32. The van der Waals surface area contributed by atoms with Gasteiger partial charge >= 0.3 is 0 Å². The first-order valence-corrected chi connectivity index (χ1v) is 3.71. The van der Waals surface area contributed by atoms with Crippen LogP contribution < -0.4 is 5.32 Å². The molecule has 3 rings (SSSR count). The third-order valence-corrected chi connectivity index (χ3v) is 2.44. The van der Waals surface area contributed by atoms with E-state index >= 15 is 0 Å². The summed E-state index contributed by atoms with van der Waals surface area (Å²) in [4.78, 5) is 0. The molecule has 9 heavy (non-hydrogen) atoms. The molecule has 3 atom stereocenters. The lowest BCUT2D eigenvalue weighted by Gasteiger charge is -2.41. The Morgan fingerprint density at radius 3 is 2.67 bits per heavy atom. The topological polar surface area (TPSA) is 21.3 Å². The summed E-state index contributed by atoms with van der Waals surface area (Å²) in [6.07, 6.45) is 1.78. The molecule has 3 saturated heterocycles. The van der Waals surface area contributed by atoms with E-state index in [9.17, 15) is 0 Å². The van der Waals surface area contributed by atoms with E-state index in [1.165, 1.54) is 6.42 Å². The first-order chi connectivity index (χ1) is 4.36. The van der Waals surface area contributed by atoms with Gasteiger partial charge in [0.05, 0.1) is 12.7 Å². The van der Waals surface area contributed by atoms with Crippen LogP contribution in [0.4, 0.5) is 0 Å². The van der Waals surface area contributed by atoms with Crippen molar-refractivity contribution in [2.45, 2.75) is 25.5 Å². The van der Waals surface area contributed by atoms with E-state index in [1.807, 2.05) is 0 Å². The summed E-state index contributed by atoms with van der Waals surface area (Å²) >= 11 is 0. The zero-order valence-corrected chi connectivity index (χ0v) is 5.76. The molecule has 3 heterocycles. The second kappa shape index (κ2) is 1.96. The Morgan fingerprint density at radius 2 is 2.44 bits per heavy atom. The fraction of sp³-hybridized carbons (Fsp3) is 1.00. The van der Waals surface area contributed by atoms with Crippen LogP contribution in [-0.4, -0.2) is 25.3 Å². The zero-order valence-electron chi connectivity index (χ0n) is 5.76. The van der Waals surface area contributed by atoms with Crippen molar-refractivity contribution < 1.29 is 4.74 Å². The quantitative estimate of drug-likeness (QED) is 0.508. The summed E-state index contributed by atoms with van der Waals surface area (Å²) in [6, 6.07) is 0.648. The second-order valence-corrected chi connectivity index (χ2v) is 3.18. The predicted molar refractivity (Wildman–Crippen MR) is 35.3 cm³/mol. The van der Waals surface area contributed by atoms with Crippen molar-refractivity contribution in [3.05, 3.63) is 0 Å². The van der Waals surface area contributed by atoms with Gasteiger partial charge in [-0.3, -0.25) is 0 Å². The molecular formula is C7H13NO. The summed E-state index contributed by atoms with van der Waals surface area (Å²) < 4.78 is 5.48. The van der Waals surface area contributed by atoms with Gasteiger partial charge < -0.3 is 10.1 Å². The van der Waals surface area contributed by atoms with Gasteiger partial charge in [0.25, 0.3) is 0 Å². The molecule has 2 nitrogen and oxygen atoms in total. The van der Waals surface area contributed by atoms with Gasteiger partial charge in [-0.05, 0) is 12.3 Å². The highest BCUT2D eigenvalue weighted by atomic mass is 16.5. The maximum Gasteiger partial charge on any atom is 0.0703 e. The Morgan fingerprint density at radius 1 is 1.56 bits per heavy atom.